The topological polar surface area (TPSA) is 78.0 Å². The third kappa shape index (κ3) is 3.52. The molecule has 0 radical (unpaired) electrons. The second-order valence-corrected chi connectivity index (χ2v) is 6.95. The maximum Gasteiger partial charge on any atom is 0.416 e. The molecule has 0 bridgehead atoms. The lowest BCUT2D eigenvalue weighted by atomic mass is 10.0. The van der Waals surface area contributed by atoms with Crippen molar-refractivity contribution in [3.63, 3.8) is 0 Å². The van der Waals surface area contributed by atoms with E-state index < -0.39 is 23.6 Å². The summed E-state index contributed by atoms with van der Waals surface area (Å²) in [5, 5.41) is 0.470. The Balaban J connectivity index is 1.79. The highest BCUT2D eigenvalue weighted by Gasteiger charge is 2.43. The summed E-state index contributed by atoms with van der Waals surface area (Å²) in [6.45, 7) is -0.411. The maximum atomic E-state index is 13.3. The third-order valence-electron chi connectivity index (χ3n) is 5.04. The number of benzene rings is 2. The molecule has 1 aromatic heterocycles. The van der Waals surface area contributed by atoms with E-state index >= 15 is 0 Å². The molecule has 0 atom stereocenters. The second kappa shape index (κ2) is 8.12. The number of carbonyl (C=O) groups is 2. The number of halogens is 3. The minimum absolute atomic E-state index is 0.0102. The number of hydrogen-bond donors (Lipinski definition) is 0. The van der Waals surface area contributed by atoms with Crippen LogP contribution >= 0.6 is 0 Å². The lowest BCUT2D eigenvalue weighted by molar-refractivity contribution is -0.137. The lowest BCUT2D eigenvalue weighted by Gasteiger charge is -2.15. The van der Waals surface area contributed by atoms with Gasteiger partial charge in [-0.3, -0.25) is 19.5 Å². The molecule has 1 aliphatic rings. The molecule has 2 aromatic carbocycles. The Labute approximate surface area is 180 Å². The number of aromatic nitrogens is 1. The molecule has 7 nitrogen and oxygen atoms in total. The molecule has 0 fully saturated rings. The van der Waals surface area contributed by atoms with Crippen molar-refractivity contribution in [2.24, 2.45) is 0 Å². The standard InChI is InChI=1S/C22H17F3N2O5/c1-30-11-32-19-16-15(18(31-2)14-4-3-9-26-17(14)19)20(28)27(21(16)29)10-12-5-7-13(8-6-12)22(23,24)25/h3-9H,10-11H2,1-2H3. The predicted octanol–water partition coefficient (Wildman–Crippen LogP) is 4.04. The molecule has 2 heterocycles. The van der Waals surface area contributed by atoms with Crippen LogP contribution < -0.4 is 9.47 Å². The fourth-order valence-electron chi connectivity index (χ4n) is 3.62. The lowest BCUT2D eigenvalue weighted by Crippen LogP contribution is -2.29. The number of fused-ring (bicyclic) bond motifs is 2. The van der Waals surface area contributed by atoms with Gasteiger partial charge in [0.15, 0.2) is 12.5 Å². The van der Waals surface area contributed by atoms with Gasteiger partial charge in [-0.1, -0.05) is 12.1 Å². The minimum atomic E-state index is -4.48. The molecule has 0 saturated heterocycles. The summed E-state index contributed by atoms with van der Waals surface area (Å²) in [7, 11) is 2.78. The number of imide groups is 1. The number of amides is 2. The average molecular weight is 446 g/mol. The van der Waals surface area contributed by atoms with Gasteiger partial charge in [-0.15, -0.1) is 0 Å². The van der Waals surface area contributed by atoms with E-state index in [0.717, 1.165) is 17.0 Å². The Kier molecular flexibility index (Phi) is 5.47. The van der Waals surface area contributed by atoms with Crippen LogP contribution in [0.25, 0.3) is 10.9 Å². The maximum absolute atomic E-state index is 13.3. The smallest absolute Gasteiger partial charge is 0.416 e. The van der Waals surface area contributed by atoms with Crippen LogP contribution in [0.4, 0.5) is 13.2 Å². The molecule has 0 spiro atoms. The van der Waals surface area contributed by atoms with Crippen molar-refractivity contribution in [3.05, 3.63) is 64.8 Å². The first-order chi connectivity index (χ1) is 15.3. The normalized spacial score (nSPS) is 13.6. The van der Waals surface area contributed by atoms with Crippen LogP contribution in [-0.4, -0.2) is 42.7 Å². The summed E-state index contributed by atoms with van der Waals surface area (Å²) in [5.74, 6) is -1.07. The molecule has 166 valence electrons. The summed E-state index contributed by atoms with van der Waals surface area (Å²) in [6, 6.07) is 7.59. The number of rotatable bonds is 6. The summed E-state index contributed by atoms with van der Waals surface area (Å²) in [4.78, 5) is 31.7. The summed E-state index contributed by atoms with van der Waals surface area (Å²) >= 11 is 0. The number of ether oxygens (including phenoxy) is 3. The van der Waals surface area contributed by atoms with Crippen LogP contribution in [0.2, 0.25) is 0 Å². The van der Waals surface area contributed by atoms with E-state index in [9.17, 15) is 22.8 Å². The monoisotopic (exact) mass is 446 g/mol. The molecule has 1 aliphatic heterocycles. The predicted molar refractivity (Wildman–Crippen MR) is 106 cm³/mol. The Bertz CT molecular complexity index is 1210. The van der Waals surface area contributed by atoms with Gasteiger partial charge in [0.2, 0.25) is 0 Å². The van der Waals surface area contributed by atoms with Crippen molar-refractivity contribution in [3.8, 4) is 11.5 Å². The van der Waals surface area contributed by atoms with Gasteiger partial charge in [0, 0.05) is 18.7 Å². The first kappa shape index (κ1) is 21.6. The van der Waals surface area contributed by atoms with E-state index in [0.29, 0.717) is 16.5 Å². The van der Waals surface area contributed by atoms with Crippen molar-refractivity contribution in [2.75, 3.05) is 21.0 Å². The molecule has 0 unspecified atom stereocenters. The number of methoxy groups -OCH3 is 2. The zero-order valence-electron chi connectivity index (χ0n) is 17.0. The SMILES string of the molecule is COCOc1c2c(c(OC)c3cccnc13)C(=O)N(Cc1ccc(C(F)(F)F)cc1)C2=O. The van der Waals surface area contributed by atoms with Crippen molar-refractivity contribution in [1.29, 1.82) is 0 Å². The molecular weight excluding hydrogens is 429 g/mol. The van der Waals surface area contributed by atoms with E-state index in [2.05, 4.69) is 4.98 Å². The zero-order valence-corrected chi connectivity index (χ0v) is 17.0. The quantitative estimate of drug-likeness (QED) is 0.420. The second-order valence-electron chi connectivity index (χ2n) is 6.95. The number of carbonyl (C=O) groups excluding carboxylic acids is 2. The van der Waals surface area contributed by atoms with Crippen molar-refractivity contribution in [1.82, 2.24) is 9.88 Å². The molecule has 2 amide bonds. The van der Waals surface area contributed by atoms with E-state index in [-0.39, 0.29) is 36.0 Å². The van der Waals surface area contributed by atoms with Crippen LogP contribution in [0.3, 0.4) is 0 Å². The van der Waals surface area contributed by atoms with Gasteiger partial charge in [0.25, 0.3) is 11.8 Å². The van der Waals surface area contributed by atoms with Crippen LogP contribution in [-0.2, 0) is 17.5 Å². The summed E-state index contributed by atoms with van der Waals surface area (Å²) < 4.78 is 54.5. The van der Waals surface area contributed by atoms with Gasteiger partial charge in [-0.05, 0) is 29.8 Å². The molecule has 0 aliphatic carbocycles. The molecule has 0 N–H and O–H groups in total. The van der Waals surface area contributed by atoms with E-state index in [4.69, 9.17) is 14.2 Å². The molecule has 10 heteroatoms. The van der Waals surface area contributed by atoms with Gasteiger partial charge in [-0.2, -0.15) is 13.2 Å². The highest BCUT2D eigenvalue weighted by molar-refractivity contribution is 6.26. The van der Waals surface area contributed by atoms with Crippen LogP contribution in [0.1, 0.15) is 31.8 Å². The van der Waals surface area contributed by atoms with Gasteiger partial charge < -0.3 is 14.2 Å². The molecular formula is C22H17F3N2O5. The van der Waals surface area contributed by atoms with Crippen LogP contribution in [0, 0.1) is 0 Å². The molecule has 4 rings (SSSR count). The third-order valence-corrected chi connectivity index (χ3v) is 5.04. The van der Waals surface area contributed by atoms with Crippen LogP contribution in [0.5, 0.6) is 11.5 Å². The first-order valence-corrected chi connectivity index (χ1v) is 9.40. The van der Waals surface area contributed by atoms with E-state index in [1.165, 1.54) is 32.5 Å². The Hall–Kier alpha value is -3.66. The number of nitrogens with zero attached hydrogens (tertiary/aromatic N) is 2. The van der Waals surface area contributed by atoms with E-state index in [1.807, 2.05) is 0 Å². The number of alkyl halides is 3. The van der Waals surface area contributed by atoms with Crippen molar-refractivity contribution < 1.29 is 37.0 Å². The van der Waals surface area contributed by atoms with Gasteiger partial charge in [-0.25, -0.2) is 0 Å². The van der Waals surface area contributed by atoms with Crippen LogP contribution in [0.15, 0.2) is 42.6 Å². The Morgan fingerprint density at radius 2 is 1.62 bits per heavy atom. The van der Waals surface area contributed by atoms with Gasteiger partial charge >= 0.3 is 6.18 Å². The number of hydrogen-bond acceptors (Lipinski definition) is 6. The van der Waals surface area contributed by atoms with Crippen molar-refractivity contribution in [2.45, 2.75) is 12.7 Å². The van der Waals surface area contributed by atoms with E-state index in [1.54, 1.807) is 12.1 Å². The zero-order chi connectivity index (χ0) is 23.0. The minimum Gasteiger partial charge on any atom is -0.495 e. The molecule has 0 saturated carbocycles. The summed E-state index contributed by atoms with van der Waals surface area (Å²) in [5.41, 5.74) is -0.165. The molecule has 32 heavy (non-hydrogen) atoms. The highest BCUT2D eigenvalue weighted by Crippen LogP contribution is 2.44. The van der Waals surface area contributed by atoms with Gasteiger partial charge in [0.05, 0.1) is 24.8 Å². The fraction of sp³-hybridized carbons (Fsp3) is 0.227. The number of pyridine rings is 1. The fourth-order valence-corrected chi connectivity index (χ4v) is 3.62. The first-order valence-electron chi connectivity index (χ1n) is 9.40. The Morgan fingerprint density at radius 1 is 0.969 bits per heavy atom. The van der Waals surface area contributed by atoms with Gasteiger partial charge in [0.1, 0.15) is 16.8 Å². The Morgan fingerprint density at radius 3 is 2.22 bits per heavy atom. The summed E-state index contributed by atoms with van der Waals surface area (Å²) in [6.07, 6.45) is -2.98. The van der Waals surface area contributed by atoms with Crippen molar-refractivity contribution >= 4 is 22.7 Å². The largest absolute Gasteiger partial charge is 0.495 e. The molecule has 3 aromatic rings. The average Bonchev–Trinajstić information content (AvgIpc) is 3.01. The highest BCUT2D eigenvalue weighted by atomic mass is 19.4.